The predicted octanol–water partition coefficient (Wildman–Crippen LogP) is 12.7. The van der Waals surface area contributed by atoms with Gasteiger partial charge in [-0.3, -0.25) is 0 Å². The molecular formula is C51H38N5+. The highest BCUT2D eigenvalue weighted by molar-refractivity contribution is 6.24. The molecule has 0 saturated heterocycles. The molecule has 0 saturated carbocycles. The molecule has 0 amide bonds. The van der Waals surface area contributed by atoms with Crippen LogP contribution in [0.15, 0.2) is 193 Å². The summed E-state index contributed by atoms with van der Waals surface area (Å²) in [5.41, 5.74) is 13.3. The van der Waals surface area contributed by atoms with Crippen LogP contribution >= 0.6 is 0 Å². The molecule has 0 unspecified atom stereocenters. The maximum atomic E-state index is 4.12. The zero-order valence-electron chi connectivity index (χ0n) is 31.2. The summed E-state index contributed by atoms with van der Waals surface area (Å²) in [6.45, 7) is 2.16. The van der Waals surface area contributed by atoms with Crippen LogP contribution in [-0.2, 0) is 0 Å². The summed E-state index contributed by atoms with van der Waals surface area (Å²) in [7, 11) is 1.66. The number of aromatic nitrogens is 2. The molecule has 5 nitrogen and oxygen atoms in total. The van der Waals surface area contributed by atoms with Crippen molar-refractivity contribution >= 4 is 71.4 Å². The second-order valence-electron chi connectivity index (χ2n) is 14.2. The van der Waals surface area contributed by atoms with Crippen LogP contribution in [-0.4, -0.2) is 26.6 Å². The maximum absolute atomic E-state index is 4.12. The highest BCUT2D eigenvalue weighted by atomic mass is 15.1. The molecule has 56 heavy (non-hydrogen) atoms. The van der Waals surface area contributed by atoms with Crippen LogP contribution in [0.3, 0.4) is 0 Å². The molecule has 3 heterocycles. The van der Waals surface area contributed by atoms with Gasteiger partial charge in [0.25, 0.3) is 0 Å². The third-order valence-electron chi connectivity index (χ3n) is 10.8. The van der Waals surface area contributed by atoms with Gasteiger partial charge in [-0.2, -0.15) is 0 Å². The Morgan fingerprint density at radius 3 is 1.68 bits per heavy atom. The Kier molecular flexibility index (Phi) is 8.14. The molecule has 11 aromatic rings. The molecule has 8 aromatic carbocycles. The molecule has 1 N–H and O–H groups in total. The number of para-hydroxylation sites is 4. The minimum Gasteiger partial charge on any atom is -0.309 e. The van der Waals surface area contributed by atoms with Crippen molar-refractivity contribution in [3.63, 3.8) is 0 Å². The van der Waals surface area contributed by atoms with Crippen LogP contribution < -0.4 is 5.32 Å². The fourth-order valence-electron chi connectivity index (χ4n) is 8.32. The van der Waals surface area contributed by atoms with Crippen LogP contribution in [0.5, 0.6) is 0 Å². The highest BCUT2D eigenvalue weighted by Crippen LogP contribution is 2.42. The van der Waals surface area contributed by atoms with E-state index in [4.69, 9.17) is 0 Å². The van der Waals surface area contributed by atoms with Crippen LogP contribution in [0.1, 0.15) is 11.1 Å². The van der Waals surface area contributed by atoms with Gasteiger partial charge >= 0.3 is 5.84 Å². The Balaban J connectivity index is 0.000000191. The van der Waals surface area contributed by atoms with Gasteiger partial charge in [0.1, 0.15) is 5.69 Å². The van der Waals surface area contributed by atoms with Gasteiger partial charge in [0.2, 0.25) is 0 Å². The number of nitrogens with zero attached hydrogens (tertiary/aromatic N) is 4. The lowest BCUT2D eigenvalue weighted by atomic mass is 9.98. The molecule has 11 rings (SSSR count). The van der Waals surface area contributed by atoms with Gasteiger partial charge in [0.15, 0.2) is 0 Å². The molecule has 266 valence electrons. The second kappa shape index (κ2) is 13.7. The molecular weight excluding hydrogens is 683 g/mol. The van der Waals surface area contributed by atoms with E-state index in [9.17, 15) is 0 Å². The number of anilines is 1. The summed E-state index contributed by atoms with van der Waals surface area (Å²) in [5.74, 6) is 0.749. The Labute approximate surface area is 324 Å². The summed E-state index contributed by atoms with van der Waals surface area (Å²) in [6, 6.07) is 66.8. The average Bonchev–Trinajstić information content (AvgIpc) is 3.89. The van der Waals surface area contributed by atoms with E-state index in [2.05, 4.69) is 159 Å². The quantitative estimate of drug-likeness (QED) is 0.0837. The van der Waals surface area contributed by atoms with Gasteiger partial charge in [0, 0.05) is 38.0 Å². The fraction of sp³-hybridized carbons (Fsp3) is 0.0392. The highest BCUT2D eigenvalue weighted by Gasteiger charge is 2.19. The maximum Gasteiger partial charge on any atom is 0.411 e. The first kappa shape index (κ1) is 33.1. The van der Waals surface area contributed by atoms with Gasteiger partial charge < -0.3 is 8.97 Å². The Morgan fingerprint density at radius 2 is 1.04 bits per heavy atom. The Hall–Kier alpha value is -7.46. The van der Waals surface area contributed by atoms with E-state index in [-0.39, 0.29) is 0 Å². The third-order valence-corrected chi connectivity index (χ3v) is 10.8. The number of rotatable bonds is 4. The summed E-state index contributed by atoms with van der Waals surface area (Å²) in [5, 5.41) is 14.9. The molecule has 0 aliphatic heterocycles. The Bertz CT molecular complexity index is 3190. The lowest BCUT2D eigenvalue weighted by Crippen LogP contribution is -2.14. The van der Waals surface area contributed by atoms with Crippen molar-refractivity contribution in [3.8, 4) is 16.8 Å². The van der Waals surface area contributed by atoms with E-state index in [1.54, 1.807) is 7.05 Å². The van der Waals surface area contributed by atoms with Gasteiger partial charge in [-0.15, -0.1) is 0 Å². The van der Waals surface area contributed by atoms with Crippen molar-refractivity contribution in [2.75, 3.05) is 12.4 Å². The molecule has 0 bridgehead atoms. The normalized spacial score (nSPS) is 11.3. The van der Waals surface area contributed by atoms with E-state index in [1.807, 2.05) is 60.7 Å². The van der Waals surface area contributed by atoms with E-state index in [1.165, 1.54) is 82.3 Å². The lowest BCUT2D eigenvalue weighted by molar-refractivity contribution is -0.0838. The van der Waals surface area contributed by atoms with Crippen molar-refractivity contribution in [2.24, 2.45) is 5.11 Å². The number of nitrogens with one attached hydrogen (secondary N) is 1. The van der Waals surface area contributed by atoms with Crippen molar-refractivity contribution < 1.29 is 4.79 Å². The smallest absolute Gasteiger partial charge is 0.309 e. The molecule has 3 aromatic heterocycles. The van der Waals surface area contributed by atoms with Crippen molar-refractivity contribution in [1.82, 2.24) is 8.97 Å². The molecule has 5 heteroatoms. The summed E-state index contributed by atoms with van der Waals surface area (Å²) >= 11 is 0. The predicted molar refractivity (Wildman–Crippen MR) is 235 cm³/mol. The number of amidine groups is 1. The zero-order valence-corrected chi connectivity index (χ0v) is 31.2. The van der Waals surface area contributed by atoms with Gasteiger partial charge in [-0.25, -0.2) is 5.32 Å². The van der Waals surface area contributed by atoms with E-state index >= 15 is 0 Å². The summed E-state index contributed by atoms with van der Waals surface area (Å²) in [4.78, 5) is 4.12. The van der Waals surface area contributed by atoms with Gasteiger partial charge in [-0.05, 0) is 108 Å². The first-order valence-electron chi connectivity index (χ1n) is 19.0. The summed E-state index contributed by atoms with van der Waals surface area (Å²) < 4.78 is 4.84. The van der Waals surface area contributed by atoms with E-state index < -0.39 is 0 Å². The number of benzene rings is 8. The first-order valence-corrected chi connectivity index (χ1v) is 19.0. The fourth-order valence-corrected chi connectivity index (χ4v) is 8.32. The van der Waals surface area contributed by atoms with Crippen LogP contribution in [0, 0.1) is 6.92 Å². The molecule has 0 spiro atoms. The largest absolute Gasteiger partial charge is 0.411 e. The third kappa shape index (κ3) is 5.58. The second-order valence-corrected chi connectivity index (χ2v) is 14.2. The average molecular weight is 721 g/mol. The minimum atomic E-state index is 0.749. The number of fused-ring (bicyclic) bond motifs is 9. The topological polar surface area (TPSA) is 47.8 Å². The zero-order chi connectivity index (χ0) is 37.6. The SMILES string of the molecule is CN=[N+]=C(Nc1ccccc1)c1ccccc1.Cc1cccc(-n2c3ccccc3c3cc(-c4cc5c6ccccc6n6c7ccccc7c(c4)c56)ccc32)c1. The molecule has 0 aliphatic carbocycles. The molecule has 0 fully saturated rings. The van der Waals surface area contributed by atoms with Crippen LogP contribution in [0.25, 0.3) is 76.7 Å². The molecule has 0 radical (unpaired) electrons. The number of aryl methyl sites for hydroxylation is 1. The minimum absolute atomic E-state index is 0.749. The monoisotopic (exact) mass is 720 g/mol. The molecule has 0 aliphatic rings. The molecule has 0 atom stereocenters. The van der Waals surface area contributed by atoms with Crippen LogP contribution in [0.4, 0.5) is 5.69 Å². The van der Waals surface area contributed by atoms with Gasteiger partial charge in [0.05, 0.1) is 40.2 Å². The first-order chi connectivity index (χ1) is 27.7. The van der Waals surface area contributed by atoms with Crippen molar-refractivity contribution in [3.05, 3.63) is 199 Å². The van der Waals surface area contributed by atoms with Crippen LogP contribution in [0.2, 0.25) is 0 Å². The van der Waals surface area contributed by atoms with Crippen molar-refractivity contribution in [1.29, 1.82) is 0 Å². The number of hydrogen-bond donors (Lipinski definition) is 1. The van der Waals surface area contributed by atoms with E-state index in [0.29, 0.717) is 0 Å². The lowest BCUT2D eigenvalue weighted by Gasteiger charge is -2.09. The summed E-state index contributed by atoms with van der Waals surface area (Å²) in [6.07, 6.45) is 0. The Morgan fingerprint density at radius 1 is 0.482 bits per heavy atom. The van der Waals surface area contributed by atoms with E-state index in [0.717, 1.165) is 17.1 Å². The van der Waals surface area contributed by atoms with Gasteiger partial charge in [-0.1, -0.05) is 114 Å². The van der Waals surface area contributed by atoms with Crippen molar-refractivity contribution in [2.45, 2.75) is 6.92 Å². The number of hydrogen-bond acceptors (Lipinski definition) is 1. The standard InChI is InChI=1S/C37H24N2.C14H13N3/c1-23-9-8-10-26(19-23)38-33-14-5-2-11-27(33)30-20-24(17-18-36(30)38)25-21-31-28-12-3-6-15-34(28)39-35-16-7-4-13-29(35)32(22-25)37(31)39;1-15-17-14(12-8-4-2-5-9-12)16-13-10-6-3-7-11-13/h2-22H,1H3;2-11H,1H3/p+1.